The maximum atomic E-state index is 13.0. The summed E-state index contributed by atoms with van der Waals surface area (Å²) in [5, 5.41) is 16.6. The normalized spacial score (nSPS) is 17.9. The van der Waals surface area contributed by atoms with Gasteiger partial charge in [-0.25, -0.2) is 0 Å². The molecule has 0 saturated carbocycles. The van der Waals surface area contributed by atoms with Crippen LogP contribution in [0.4, 0.5) is 17.1 Å². The van der Waals surface area contributed by atoms with Crippen LogP contribution in [0.15, 0.2) is 42.5 Å². The Hall–Kier alpha value is -3.46. The van der Waals surface area contributed by atoms with E-state index in [0.717, 1.165) is 51.1 Å². The fourth-order valence-electron chi connectivity index (χ4n) is 4.07. The van der Waals surface area contributed by atoms with Gasteiger partial charge in [0.1, 0.15) is 0 Å². The number of nitrogens with one attached hydrogen (secondary N) is 2. The molecule has 2 heterocycles. The van der Waals surface area contributed by atoms with Crippen molar-refractivity contribution in [2.45, 2.75) is 31.8 Å². The highest BCUT2D eigenvalue weighted by atomic mass is 16.6. The fourth-order valence-corrected chi connectivity index (χ4v) is 4.07. The molecule has 0 radical (unpaired) electrons. The number of anilines is 2. The topological polar surface area (TPSA) is 114 Å². The highest BCUT2D eigenvalue weighted by Gasteiger charge is 2.22. The van der Waals surface area contributed by atoms with E-state index in [1.807, 2.05) is 6.07 Å². The van der Waals surface area contributed by atoms with E-state index in [1.54, 1.807) is 12.1 Å². The van der Waals surface area contributed by atoms with Crippen molar-refractivity contribution in [2.24, 2.45) is 0 Å². The molecular weight excluding hydrogens is 412 g/mol. The molecule has 0 spiro atoms. The number of amides is 2. The quantitative estimate of drug-likeness (QED) is 0.506. The maximum Gasteiger partial charge on any atom is 0.269 e. The number of carbonyl (C=O) groups is 2. The van der Waals surface area contributed by atoms with Gasteiger partial charge in [-0.2, -0.15) is 0 Å². The number of carbonyl (C=O) groups excluding carboxylic acids is 2. The smallest absolute Gasteiger partial charge is 0.269 e. The van der Waals surface area contributed by atoms with Crippen molar-refractivity contribution in [1.29, 1.82) is 0 Å². The van der Waals surface area contributed by atoms with Gasteiger partial charge < -0.3 is 20.3 Å². The summed E-state index contributed by atoms with van der Waals surface area (Å²) in [5.41, 5.74) is 2.05. The van der Waals surface area contributed by atoms with Crippen LogP contribution in [0.25, 0.3) is 0 Å². The van der Waals surface area contributed by atoms with Gasteiger partial charge in [-0.3, -0.25) is 19.7 Å². The van der Waals surface area contributed by atoms with Crippen molar-refractivity contribution >= 4 is 28.9 Å². The second-order valence-corrected chi connectivity index (χ2v) is 8.03. The lowest BCUT2D eigenvalue weighted by Crippen LogP contribution is -2.33. The first-order valence-electron chi connectivity index (χ1n) is 10.9. The molecule has 2 aliphatic rings. The summed E-state index contributed by atoms with van der Waals surface area (Å²) in [6.07, 6.45) is 4.14. The number of benzene rings is 2. The van der Waals surface area contributed by atoms with Crippen LogP contribution in [0, 0.1) is 10.1 Å². The van der Waals surface area contributed by atoms with Gasteiger partial charge in [0.05, 0.1) is 16.6 Å². The van der Waals surface area contributed by atoms with Gasteiger partial charge in [-0.15, -0.1) is 0 Å². The van der Waals surface area contributed by atoms with Crippen molar-refractivity contribution < 1.29 is 19.2 Å². The summed E-state index contributed by atoms with van der Waals surface area (Å²) in [5.74, 6) is -0.603. The molecule has 0 aliphatic carbocycles. The summed E-state index contributed by atoms with van der Waals surface area (Å²) in [4.78, 5) is 38.1. The fraction of sp³-hybridized carbons (Fsp3) is 0.391. The first-order chi connectivity index (χ1) is 15.5. The largest absolute Gasteiger partial charge is 0.376 e. The maximum absolute atomic E-state index is 13.0. The molecule has 9 nitrogen and oxygen atoms in total. The first kappa shape index (κ1) is 21.8. The predicted molar refractivity (Wildman–Crippen MR) is 120 cm³/mol. The zero-order valence-electron chi connectivity index (χ0n) is 17.7. The summed E-state index contributed by atoms with van der Waals surface area (Å²) in [6.45, 7) is 2.96. The molecule has 168 valence electrons. The highest BCUT2D eigenvalue weighted by molar-refractivity contribution is 6.06. The molecule has 1 atom stereocenters. The monoisotopic (exact) mass is 438 g/mol. The van der Waals surface area contributed by atoms with Crippen LogP contribution in [-0.2, 0) is 4.74 Å². The second-order valence-electron chi connectivity index (χ2n) is 8.03. The summed E-state index contributed by atoms with van der Waals surface area (Å²) in [6, 6.07) is 10.7. The highest BCUT2D eigenvalue weighted by Crippen LogP contribution is 2.28. The molecule has 2 amide bonds. The van der Waals surface area contributed by atoms with E-state index in [1.165, 1.54) is 24.3 Å². The summed E-state index contributed by atoms with van der Waals surface area (Å²) >= 11 is 0. The molecule has 1 unspecified atom stereocenters. The third kappa shape index (κ3) is 5.05. The van der Waals surface area contributed by atoms with Crippen molar-refractivity contribution in [3.8, 4) is 0 Å². The van der Waals surface area contributed by atoms with Crippen LogP contribution < -0.4 is 15.5 Å². The summed E-state index contributed by atoms with van der Waals surface area (Å²) < 4.78 is 5.59. The number of hydrogen-bond acceptors (Lipinski definition) is 6. The molecule has 2 aromatic carbocycles. The molecule has 2 fully saturated rings. The second kappa shape index (κ2) is 9.78. The van der Waals surface area contributed by atoms with Crippen molar-refractivity contribution in [3.63, 3.8) is 0 Å². The van der Waals surface area contributed by atoms with E-state index in [-0.39, 0.29) is 17.7 Å². The average Bonchev–Trinajstić information content (AvgIpc) is 3.52. The Bertz CT molecular complexity index is 996. The molecule has 2 aliphatic heterocycles. The van der Waals surface area contributed by atoms with Crippen LogP contribution in [0.1, 0.15) is 46.4 Å². The van der Waals surface area contributed by atoms with Crippen LogP contribution in [0.5, 0.6) is 0 Å². The number of ether oxygens (including phenoxy) is 1. The number of nitro groups is 1. The number of nitrogens with zero attached hydrogens (tertiary/aromatic N) is 2. The average molecular weight is 438 g/mol. The van der Waals surface area contributed by atoms with E-state index in [9.17, 15) is 19.7 Å². The Balaban J connectivity index is 1.51. The van der Waals surface area contributed by atoms with Gasteiger partial charge >= 0.3 is 0 Å². The molecule has 4 rings (SSSR count). The van der Waals surface area contributed by atoms with Crippen LogP contribution >= 0.6 is 0 Å². The van der Waals surface area contributed by atoms with Gasteiger partial charge in [-0.05, 0) is 56.0 Å². The lowest BCUT2D eigenvalue weighted by atomic mass is 10.1. The molecule has 2 aromatic rings. The van der Waals surface area contributed by atoms with E-state index < -0.39 is 10.8 Å². The lowest BCUT2D eigenvalue weighted by molar-refractivity contribution is -0.384. The SMILES string of the molecule is O=C(Nc1ccc(N2CCCC2)c(C(=O)NCC2CCCO2)c1)c1ccc([N+](=O)[O-])cc1. The van der Waals surface area contributed by atoms with Gasteiger partial charge in [-0.1, -0.05) is 0 Å². The van der Waals surface area contributed by atoms with E-state index >= 15 is 0 Å². The third-order valence-corrected chi connectivity index (χ3v) is 5.80. The number of hydrogen-bond donors (Lipinski definition) is 2. The van der Waals surface area contributed by atoms with Crippen LogP contribution in [-0.4, -0.2) is 49.1 Å². The zero-order chi connectivity index (χ0) is 22.5. The van der Waals surface area contributed by atoms with E-state index in [4.69, 9.17) is 4.74 Å². The van der Waals surface area contributed by atoms with E-state index in [0.29, 0.717) is 23.4 Å². The van der Waals surface area contributed by atoms with Crippen molar-refractivity contribution in [2.75, 3.05) is 36.5 Å². The standard InChI is InChI=1S/C23H26N4O5/c28-22(16-5-8-18(9-6-16)27(30)31)25-17-7-10-21(26-11-1-2-12-26)20(14-17)23(29)24-15-19-4-3-13-32-19/h5-10,14,19H,1-4,11-13,15H2,(H,24,29)(H,25,28). The van der Waals surface area contributed by atoms with Gasteiger partial charge in [0.15, 0.2) is 0 Å². The van der Waals surface area contributed by atoms with Crippen LogP contribution in [0.3, 0.4) is 0 Å². The van der Waals surface area contributed by atoms with E-state index in [2.05, 4.69) is 15.5 Å². The molecule has 2 saturated heterocycles. The Morgan fingerprint density at radius 3 is 2.47 bits per heavy atom. The predicted octanol–water partition coefficient (Wildman–Crippen LogP) is 3.36. The lowest BCUT2D eigenvalue weighted by Gasteiger charge is -2.22. The minimum atomic E-state index is -0.514. The minimum absolute atomic E-state index is 0.0409. The van der Waals surface area contributed by atoms with Gasteiger partial charge in [0, 0.05) is 55.3 Å². The van der Waals surface area contributed by atoms with Crippen molar-refractivity contribution in [1.82, 2.24) is 5.32 Å². The van der Waals surface area contributed by atoms with Gasteiger partial charge in [0.25, 0.3) is 17.5 Å². The number of rotatable bonds is 7. The first-order valence-corrected chi connectivity index (χ1v) is 10.9. The van der Waals surface area contributed by atoms with Gasteiger partial charge in [0.2, 0.25) is 0 Å². The Kier molecular flexibility index (Phi) is 6.65. The Morgan fingerprint density at radius 1 is 1.06 bits per heavy atom. The molecular formula is C23H26N4O5. The zero-order valence-corrected chi connectivity index (χ0v) is 17.7. The molecule has 2 N–H and O–H groups in total. The molecule has 9 heteroatoms. The third-order valence-electron chi connectivity index (χ3n) is 5.80. The molecule has 32 heavy (non-hydrogen) atoms. The number of non-ortho nitro benzene ring substituents is 1. The minimum Gasteiger partial charge on any atom is -0.376 e. The Labute approximate surface area is 185 Å². The Morgan fingerprint density at radius 2 is 1.81 bits per heavy atom. The molecule has 0 bridgehead atoms. The summed E-state index contributed by atoms with van der Waals surface area (Å²) in [7, 11) is 0. The van der Waals surface area contributed by atoms with Crippen LogP contribution in [0.2, 0.25) is 0 Å². The number of nitro benzene ring substituents is 1. The van der Waals surface area contributed by atoms with Crippen molar-refractivity contribution in [3.05, 3.63) is 63.7 Å². The molecule has 0 aromatic heterocycles.